The number of nitrogens with one attached hydrogen (secondary N) is 2. The van der Waals surface area contributed by atoms with Gasteiger partial charge in [-0.05, 0) is 24.6 Å². The number of para-hydroxylation sites is 1. The maximum Gasteiger partial charge on any atom is 0.244 e. The second kappa shape index (κ2) is 9.71. The van der Waals surface area contributed by atoms with E-state index in [2.05, 4.69) is 30.4 Å². The molecule has 0 spiro atoms. The van der Waals surface area contributed by atoms with E-state index in [1.807, 2.05) is 37.4 Å². The van der Waals surface area contributed by atoms with Crippen LogP contribution in [0.3, 0.4) is 0 Å². The summed E-state index contributed by atoms with van der Waals surface area (Å²) in [5.41, 5.74) is 3.81. The number of aromatic amines is 1. The quantitative estimate of drug-likeness (QED) is 0.377. The average Bonchev–Trinajstić information content (AvgIpc) is 3.41. The predicted molar refractivity (Wildman–Crippen MR) is 137 cm³/mol. The molecule has 180 valence electrons. The van der Waals surface area contributed by atoms with Crippen LogP contribution in [-0.4, -0.2) is 60.5 Å². The summed E-state index contributed by atoms with van der Waals surface area (Å²) >= 11 is 0. The Hall–Kier alpha value is -3.99. The van der Waals surface area contributed by atoms with Crippen LogP contribution in [0, 0.1) is 12.7 Å². The highest BCUT2D eigenvalue weighted by molar-refractivity contribution is 7.59. The van der Waals surface area contributed by atoms with Gasteiger partial charge in [0, 0.05) is 54.9 Å². The molecule has 11 heteroatoms. The van der Waals surface area contributed by atoms with Crippen LogP contribution in [0.25, 0.3) is 27.9 Å². The number of H-pyrrole nitrogens is 1. The predicted octanol–water partition coefficient (Wildman–Crippen LogP) is 3.34. The number of likely N-dealkylation sites (N-methyl/N-ethyl adjacent to an activating group) is 1. The molecule has 9 nitrogen and oxygen atoms in total. The SMILES string of the molecule is Cc1cnn2c(NC(Cc3c[nH]c4ccccc34)C(=O)N(C)C)nc(-c3cncc(F)c3)nc12.S. The van der Waals surface area contributed by atoms with Gasteiger partial charge in [-0.15, -0.1) is 0 Å². The smallest absolute Gasteiger partial charge is 0.244 e. The van der Waals surface area contributed by atoms with E-state index < -0.39 is 11.9 Å². The van der Waals surface area contributed by atoms with Crippen LogP contribution >= 0.6 is 13.5 Å². The summed E-state index contributed by atoms with van der Waals surface area (Å²) in [5, 5.41) is 8.71. The molecule has 0 bridgehead atoms. The average molecular weight is 493 g/mol. The van der Waals surface area contributed by atoms with E-state index in [0.717, 1.165) is 28.2 Å². The molecule has 1 unspecified atom stereocenters. The van der Waals surface area contributed by atoms with Crippen molar-refractivity contribution in [1.29, 1.82) is 0 Å². The van der Waals surface area contributed by atoms with Crippen LogP contribution < -0.4 is 5.32 Å². The third-order valence-corrected chi connectivity index (χ3v) is 5.65. The van der Waals surface area contributed by atoms with E-state index in [1.54, 1.807) is 24.8 Å². The Kier molecular flexibility index (Phi) is 6.70. The number of amides is 1. The molecule has 2 N–H and O–H groups in total. The van der Waals surface area contributed by atoms with Crippen LogP contribution in [0.15, 0.2) is 55.1 Å². The fourth-order valence-electron chi connectivity index (χ4n) is 3.93. The zero-order chi connectivity index (χ0) is 23.8. The fraction of sp³-hybridized carbons (Fsp3) is 0.208. The highest BCUT2D eigenvalue weighted by atomic mass is 32.1. The largest absolute Gasteiger partial charge is 0.361 e. The molecule has 5 rings (SSSR count). The molecule has 0 radical (unpaired) electrons. The molecule has 0 fully saturated rings. The number of carbonyl (C=O) groups excluding carboxylic acids is 1. The van der Waals surface area contributed by atoms with E-state index in [-0.39, 0.29) is 25.2 Å². The maximum absolute atomic E-state index is 13.8. The van der Waals surface area contributed by atoms with E-state index >= 15 is 0 Å². The van der Waals surface area contributed by atoms with Crippen molar-refractivity contribution in [2.24, 2.45) is 0 Å². The van der Waals surface area contributed by atoms with E-state index in [0.29, 0.717) is 23.6 Å². The number of pyridine rings is 1. The van der Waals surface area contributed by atoms with Crippen molar-refractivity contribution in [3.63, 3.8) is 0 Å². The number of benzene rings is 1. The lowest BCUT2D eigenvalue weighted by Gasteiger charge is -2.22. The van der Waals surface area contributed by atoms with Gasteiger partial charge < -0.3 is 15.2 Å². The van der Waals surface area contributed by atoms with Crippen molar-refractivity contribution in [2.45, 2.75) is 19.4 Å². The second-order valence-corrected chi connectivity index (χ2v) is 8.32. The van der Waals surface area contributed by atoms with Crippen molar-refractivity contribution < 1.29 is 9.18 Å². The van der Waals surface area contributed by atoms with Crippen molar-refractivity contribution in [2.75, 3.05) is 19.4 Å². The molecule has 5 aromatic rings. The molecular formula is C24H25FN8OS. The van der Waals surface area contributed by atoms with E-state index in [1.165, 1.54) is 17.2 Å². The van der Waals surface area contributed by atoms with Crippen molar-refractivity contribution in [3.05, 3.63) is 72.1 Å². The molecule has 1 atom stereocenters. The summed E-state index contributed by atoms with van der Waals surface area (Å²) in [4.78, 5) is 31.0. The molecule has 4 heterocycles. The molecule has 1 aromatic carbocycles. The van der Waals surface area contributed by atoms with Gasteiger partial charge in [-0.1, -0.05) is 18.2 Å². The molecular weight excluding hydrogens is 467 g/mol. The van der Waals surface area contributed by atoms with Gasteiger partial charge in [0.05, 0.1) is 12.4 Å². The van der Waals surface area contributed by atoms with Gasteiger partial charge in [0.2, 0.25) is 11.9 Å². The third-order valence-electron chi connectivity index (χ3n) is 5.65. The summed E-state index contributed by atoms with van der Waals surface area (Å²) in [5.74, 6) is 0.0155. The summed E-state index contributed by atoms with van der Waals surface area (Å²) in [6, 6.07) is 8.64. The van der Waals surface area contributed by atoms with E-state index in [4.69, 9.17) is 0 Å². The highest BCUT2D eigenvalue weighted by Gasteiger charge is 2.25. The Morgan fingerprint density at radius 2 is 2.00 bits per heavy atom. The zero-order valence-corrected chi connectivity index (χ0v) is 20.5. The molecule has 0 aliphatic heterocycles. The number of halogens is 1. The summed E-state index contributed by atoms with van der Waals surface area (Å²) in [6.07, 6.45) is 6.63. The van der Waals surface area contributed by atoms with Gasteiger partial charge in [-0.25, -0.2) is 9.37 Å². The monoisotopic (exact) mass is 492 g/mol. The molecule has 35 heavy (non-hydrogen) atoms. The Balaban J connectivity index is 0.00000289. The first kappa shape index (κ1) is 24.1. The molecule has 4 aromatic heterocycles. The lowest BCUT2D eigenvalue weighted by Crippen LogP contribution is -2.41. The molecule has 0 saturated heterocycles. The number of nitrogens with zero attached hydrogens (tertiary/aromatic N) is 6. The van der Waals surface area contributed by atoms with Crippen molar-refractivity contribution >= 4 is 41.9 Å². The molecule has 0 aliphatic rings. The molecule has 0 saturated carbocycles. The first-order chi connectivity index (χ1) is 16.4. The number of aryl methyl sites for hydroxylation is 1. The Morgan fingerprint density at radius 1 is 1.20 bits per heavy atom. The second-order valence-electron chi connectivity index (χ2n) is 8.32. The van der Waals surface area contributed by atoms with Crippen LogP contribution in [-0.2, 0) is 11.2 Å². The minimum Gasteiger partial charge on any atom is -0.361 e. The number of anilines is 1. The normalized spacial score (nSPS) is 11.9. The Bertz CT molecular complexity index is 1510. The zero-order valence-electron chi connectivity index (χ0n) is 19.5. The first-order valence-corrected chi connectivity index (χ1v) is 10.8. The van der Waals surface area contributed by atoms with Crippen LogP contribution in [0.4, 0.5) is 10.3 Å². The van der Waals surface area contributed by atoms with Crippen LogP contribution in [0.2, 0.25) is 0 Å². The summed E-state index contributed by atoms with van der Waals surface area (Å²) in [7, 11) is 3.42. The van der Waals surface area contributed by atoms with Crippen LogP contribution in [0.5, 0.6) is 0 Å². The lowest BCUT2D eigenvalue weighted by molar-refractivity contribution is -0.129. The minimum absolute atomic E-state index is 0. The van der Waals surface area contributed by atoms with Gasteiger partial charge in [0.15, 0.2) is 11.5 Å². The summed E-state index contributed by atoms with van der Waals surface area (Å²) in [6.45, 7) is 1.88. The van der Waals surface area contributed by atoms with Gasteiger partial charge in [-0.2, -0.15) is 28.1 Å². The topological polar surface area (TPSA) is 104 Å². The Morgan fingerprint density at radius 3 is 2.77 bits per heavy atom. The van der Waals surface area contributed by atoms with Crippen LogP contribution in [0.1, 0.15) is 11.1 Å². The fourth-order valence-corrected chi connectivity index (χ4v) is 3.93. The number of aromatic nitrogens is 6. The van der Waals surface area contributed by atoms with E-state index in [9.17, 15) is 9.18 Å². The minimum atomic E-state index is -0.629. The number of fused-ring (bicyclic) bond motifs is 2. The van der Waals surface area contributed by atoms with Gasteiger partial charge in [-0.3, -0.25) is 9.78 Å². The molecule has 0 aliphatic carbocycles. The highest BCUT2D eigenvalue weighted by Crippen LogP contribution is 2.23. The third kappa shape index (κ3) is 4.67. The number of carbonyl (C=O) groups is 1. The standard InChI is InChI=1S/C24H23FN8O.H2S/c1-14-10-28-33-22(14)30-21(16-8-17(25)13-26-11-16)31-24(33)29-20(23(34)32(2)3)9-15-12-27-19-7-5-4-6-18(15)19;/h4-8,10-13,20,27H,9H2,1-3H3,(H,29,30,31);1H2. The van der Waals surface area contributed by atoms with Gasteiger partial charge >= 0.3 is 0 Å². The lowest BCUT2D eigenvalue weighted by atomic mass is 10.0. The van der Waals surface area contributed by atoms with Gasteiger partial charge in [0.25, 0.3) is 0 Å². The number of hydrogen-bond acceptors (Lipinski definition) is 6. The van der Waals surface area contributed by atoms with Gasteiger partial charge in [0.1, 0.15) is 11.9 Å². The Labute approximate surface area is 207 Å². The van der Waals surface area contributed by atoms with Crippen molar-refractivity contribution in [3.8, 4) is 11.4 Å². The first-order valence-electron chi connectivity index (χ1n) is 10.8. The maximum atomic E-state index is 13.8. The molecule has 1 amide bonds. The summed E-state index contributed by atoms with van der Waals surface area (Å²) < 4.78 is 15.4. The number of hydrogen-bond donors (Lipinski definition) is 2. The van der Waals surface area contributed by atoms with Crippen molar-refractivity contribution in [1.82, 2.24) is 34.4 Å². The number of rotatable bonds is 6.